The lowest BCUT2D eigenvalue weighted by Gasteiger charge is -1.97. The van der Waals surface area contributed by atoms with Crippen LogP contribution in [0, 0.1) is 13.8 Å². The first kappa shape index (κ1) is 12.8. The maximum atomic E-state index is 5.85. The van der Waals surface area contributed by atoms with Crippen LogP contribution in [0.2, 0.25) is 5.02 Å². The van der Waals surface area contributed by atoms with E-state index >= 15 is 0 Å². The van der Waals surface area contributed by atoms with E-state index in [1.165, 1.54) is 4.80 Å². The molecule has 3 aromatic rings. The summed E-state index contributed by atoms with van der Waals surface area (Å²) in [5.41, 5.74) is 2.69. The number of benzene rings is 1. The lowest BCUT2D eigenvalue weighted by molar-refractivity contribution is 0.391. The maximum Gasteiger partial charge on any atom is 0.204 e. The van der Waals surface area contributed by atoms with E-state index in [0.29, 0.717) is 17.4 Å². The zero-order chi connectivity index (χ0) is 14.1. The Hall–Kier alpha value is -2.21. The molecule has 1 aromatic carbocycles. The van der Waals surface area contributed by atoms with Crippen molar-refractivity contribution >= 4 is 11.6 Å². The Balaban J connectivity index is 1.85. The Morgan fingerprint density at radius 3 is 2.60 bits per heavy atom. The number of nitrogens with zero attached hydrogens (tertiary/aromatic N) is 5. The summed E-state index contributed by atoms with van der Waals surface area (Å²) in [4.78, 5) is 1.52. The van der Waals surface area contributed by atoms with Gasteiger partial charge in [0.25, 0.3) is 0 Å². The van der Waals surface area contributed by atoms with Gasteiger partial charge in [-0.15, -0.1) is 10.2 Å². The van der Waals surface area contributed by atoms with Gasteiger partial charge in [0.15, 0.2) is 0 Å². The van der Waals surface area contributed by atoms with Crippen LogP contribution in [0.4, 0.5) is 0 Å². The average molecular weight is 290 g/mol. The molecule has 0 N–H and O–H groups in total. The predicted octanol–water partition coefficient (Wildman–Crippen LogP) is 2.65. The summed E-state index contributed by atoms with van der Waals surface area (Å²) >= 11 is 5.85. The third-order valence-electron chi connectivity index (χ3n) is 3.04. The first-order valence-corrected chi connectivity index (χ1v) is 6.47. The summed E-state index contributed by atoms with van der Waals surface area (Å²) in [6.45, 7) is 4.25. The van der Waals surface area contributed by atoms with Gasteiger partial charge < -0.3 is 4.52 Å². The van der Waals surface area contributed by atoms with Gasteiger partial charge in [-0.3, -0.25) is 0 Å². The van der Waals surface area contributed by atoms with Crippen molar-refractivity contribution in [3.05, 3.63) is 46.3 Å². The molecular formula is C13H12ClN5O. The third kappa shape index (κ3) is 2.42. The van der Waals surface area contributed by atoms with Crippen LogP contribution in [0.15, 0.2) is 28.8 Å². The van der Waals surface area contributed by atoms with Crippen LogP contribution in [-0.2, 0) is 6.54 Å². The van der Waals surface area contributed by atoms with Gasteiger partial charge >= 0.3 is 0 Å². The largest absolute Gasteiger partial charge is 0.361 e. The summed E-state index contributed by atoms with van der Waals surface area (Å²) in [6, 6.07) is 7.32. The number of tetrazole rings is 1. The smallest absolute Gasteiger partial charge is 0.204 e. The number of rotatable bonds is 3. The SMILES string of the molecule is Cc1noc(C)c1Cn1nnc(-c2ccc(Cl)cc2)n1. The second kappa shape index (κ2) is 5.05. The van der Waals surface area contributed by atoms with Gasteiger partial charge in [-0.1, -0.05) is 16.8 Å². The third-order valence-corrected chi connectivity index (χ3v) is 3.29. The molecule has 0 aliphatic rings. The van der Waals surface area contributed by atoms with Crippen molar-refractivity contribution in [3.8, 4) is 11.4 Å². The zero-order valence-electron chi connectivity index (χ0n) is 11.0. The molecule has 20 heavy (non-hydrogen) atoms. The van der Waals surface area contributed by atoms with Crippen LogP contribution in [0.1, 0.15) is 17.0 Å². The molecular weight excluding hydrogens is 278 g/mol. The molecule has 0 saturated carbocycles. The van der Waals surface area contributed by atoms with Crippen molar-refractivity contribution < 1.29 is 4.52 Å². The van der Waals surface area contributed by atoms with Crippen molar-refractivity contribution in [2.75, 3.05) is 0 Å². The first-order chi connectivity index (χ1) is 9.63. The molecule has 0 bridgehead atoms. The minimum absolute atomic E-state index is 0.488. The highest BCUT2D eigenvalue weighted by atomic mass is 35.5. The second-order valence-corrected chi connectivity index (χ2v) is 4.89. The normalized spacial score (nSPS) is 10.9. The van der Waals surface area contributed by atoms with Crippen LogP contribution in [0.3, 0.4) is 0 Å². The standard InChI is InChI=1S/C13H12ClN5O/c1-8-12(9(2)20-17-8)7-19-16-13(15-18-19)10-3-5-11(14)6-4-10/h3-6H,7H2,1-2H3. The number of halogens is 1. The molecule has 2 aromatic heterocycles. The molecule has 2 heterocycles. The Morgan fingerprint density at radius 1 is 1.20 bits per heavy atom. The minimum Gasteiger partial charge on any atom is -0.361 e. The molecule has 0 aliphatic heterocycles. The molecule has 0 spiro atoms. The Morgan fingerprint density at radius 2 is 1.95 bits per heavy atom. The van der Waals surface area contributed by atoms with E-state index in [9.17, 15) is 0 Å². The second-order valence-electron chi connectivity index (χ2n) is 4.45. The molecule has 0 radical (unpaired) electrons. The first-order valence-electron chi connectivity index (χ1n) is 6.09. The van der Waals surface area contributed by atoms with Gasteiger partial charge in [0.05, 0.1) is 12.2 Å². The maximum absolute atomic E-state index is 5.85. The molecule has 0 aliphatic carbocycles. The molecule has 0 saturated heterocycles. The number of hydrogen-bond acceptors (Lipinski definition) is 5. The van der Waals surface area contributed by atoms with E-state index in [1.807, 2.05) is 26.0 Å². The lowest BCUT2D eigenvalue weighted by atomic mass is 10.2. The monoisotopic (exact) mass is 289 g/mol. The molecule has 0 atom stereocenters. The summed E-state index contributed by atoms with van der Waals surface area (Å²) in [5.74, 6) is 1.33. The predicted molar refractivity (Wildman–Crippen MR) is 73.3 cm³/mol. The molecule has 6 nitrogen and oxygen atoms in total. The van der Waals surface area contributed by atoms with E-state index in [4.69, 9.17) is 16.1 Å². The van der Waals surface area contributed by atoms with E-state index in [1.54, 1.807) is 12.1 Å². The van der Waals surface area contributed by atoms with Crippen LogP contribution in [-0.4, -0.2) is 25.4 Å². The molecule has 3 rings (SSSR count). The van der Waals surface area contributed by atoms with Gasteiger partial charge in [-0.2, -0.15) is 4.80 Å². The molecule has 0 unspecified atom stereocenters. The number of aromatic nitrogens is 5. The average Bonchev–Trinajstić information content (AvgIpc) is 3.02. The highest BCUT2D eigenvalue weighted by molar-refractivity contribution is 6.30. The fourth-order valence-corrected chi connectivity index (χ4v) is 2.02. The fourth-order valence-electron chi connectivity index (χ4n) is 1.89. The van der Waals surface area contributed by atoms with Crippen molar-refractivity contribution in [2.45, 2.75) is 20.4 Å². The van der Waals surface area contributed by atoms with Crippen LogP contribution in [0.25, 0.3) is 11.4 Å². The van der Waals surface area contributed by atoms with E-state index < -0.39 is 0 Å². The summed E-state index contributed by atoms with van der Waals surface area (Å²) in [6.07, 6.45) is 0. The fraction of sp³-hybridized carbons (Fsp3) is 0.231. The Kier molecular flexibility index (Phi) is 3.23. The van der Waals surface area contributed by atoms with Gasteiger partial charge in [0.2, 0.25) is 5.82 Å². The Labute approximate surface area is 120 Å². The number of aryl methyl sites for hydroxylation is 2. The molecule has 102 valence electrons. The molecule has 7 heteroatoms. The molecule has 0 amide bonds. The lowest BCUT2D eigenvalue weighted by Crippen LogP contribution is -2.05. The van der Waals surface area contributed by atoms with Crippen LogP contribution >= 0.6 is 11.6 Å². The summed E-state index contributed by atoms with van der Waals surface area (Å²) in [7, 11) is 0. The van der Waals surface area contributed by atoms with E-state index in [0.717, 1.165) is 22.6 Å². The van der Waals surface area contributed by atoms with Crippen molar-refractivity contribution in [3.63, 3.8) is 0 Å². The van der Waals surface area contributed by atoms with Gasteiger partial charge in [-0.25, -0.2) is 0 Å². The topological polar surface area (TPSA) is 69.6 Å². The quantitative estimate of drug-likeness (QED) is 0.741. The van der Waals surface area contributed by atoms with Gasteiger partial charge in [0.1, 0.15) is 5.76 Å². The van der Waals surface area contributed by atoms with Crippen molar-refractivity contribution in [1.29, 1.82) is 0 Å². The number of hydrogen-bond donors (Lipinski definition) is 0. The zero-order valence-corrected chi connectivity index (χ0v) is 11.8. The van der Waals surface area contributed by atoms with Crippen LogP contribution in [0.5, 0.6) is 0 Å². The Bertz CT molecular complexity index is 712. The summed E-state index contributed by atoms with van der Waals surface area (Å²) < 4.78 is 5.12. The highest BCUT2D eigenvalue weighted by Crippen LogP contribution is 2.18. The van der Waals surface area contributed by atoms with Gasteiger partial charge in [0, 0.05) is 16.1 Å². The summed E-state index contributed by atoms with van der Waals surface area (Å²) in [5, 5.41) is 17.0. The van der Waals surface area contributed by atoms with Crippen molar-refractivity contribution in [1.82, 2.24) is 25.4 Å². The molecule has 0 fully saturated rings. The van der Waals surface area contributed by atoms with Gasteiger partial charge in [-0.05, 0) is 43.3 Å². The van der Waals surface area contributed by atoms with E-state index in [2.05, 4.69) is 20.6 Å². The minimum atomic E-state index is 0.488. The highest BCUT2D eigenvalue weighted by Gasteiger charge is 2.12. The van der Waals surface area contributed by atoms with Crippen LogP contribution < -0.4 is 0 Å². The van der Waals surface area contributed by atoms with E-state index in [-0.39, 0.29) is 0 Å². The van der Waals surface area contributed by atoms with Crippen molar-refractivity contribution in [2.24, 2.45) is 0 Å².